The molecule has 1 N–H and O–H groups in total. The van der Waals surface area contributed by atoms with Crippen molar-refractivity contribution in [1.29, 1.82) is 0 Å². The molecule has 2 aromatic rings. The van der Waals surface area contributed by atoms with Gasteiger partial charge in [-0.1, -0.05) is 6.42 Å². The Hall–Kier alpha value is -2.47. The summed E-state index contributed by atoms with van der Waals surface area (Å²) < 4.78 is 0. The smallest absolute Gasteiger partial charge is 0.265 e. The van der Waals surface area contributed by atoms with Crippen molar-refractivity contribution in [3.05, 3.63) is 50.7 Å². The van der Waals surface area contributed by atoms with E-state index in [2.05, 4.69) is 5.32 Å². The first kappa shape index (κ1) is 16.0. The van der Waals surface area contributed by atoms with Crippen LogP contribution in [0.3, 0.4) is 0 Å². The number of anilines is 1. The largest absolute Gasteiger partial charge is 0.321 e. The van der Waals surface area contributed by atoms with E-state index in [1.807, 2.05) is 6.07 Å². The molecule has 25 heavy (non-hydrogen) atoms. The summed E-state index contributed by atoms with van der Waals surface area (Å²) in [5.41, 5.74) is 2.55. The Bertz CT molecular complexity index is 877. The van der Waals surface area contributed by atoms with E-state index in [4.69, 9.17) is 0 Å². The molecule has 5 nitrogen and oxygen atoms in total. The Morgan fingerprint density at radius 2 is 1.80 bits per heavy atom. The van der Waals surface area contributed by atoms with Gasteiger partial charge in [0.15, 0.2) is 0 Å². The minimum Gasteiger partial charge on any atom is -0.321 e. The van der Waals surface area contributed by atoms with Gasteiger partial charge in [0.2, 0.25) is 0 Å². The Balaban J connectivity index is 1.56. The predicted molar refractivity (Wildman–Crippen MR) is 96.4 cm³/mol. The molecular formula is C19H18N2O3S. The number of fused-ring (bicyclic) bond motifs is 2. The van der Waals surface area contributed by atoms with Gasteiger partial charge in [-0.15, -0.1) is 11.3 Å². The molecular weight excluding hydrogens is 336 g/mol. The highest BCUT2D eigenvalue weighted by atomic mass is 32.1. The topological polar surface area (TPSA) is 66.5 Å². The van der Waals surface area contributed by atoms with Crippen LogP contribution in [0.1, 0.15) is 60.1 Å². The number of hydrogen-bond acceptors (Lipinski definition) is 4. The third-order valence-corrected chi connectivity index (χ3v) is 6.05. The molecule has 0 unspecified atom stereocenters. The molecule has 4 rings (SSSR count). The summed E-state index contributed by atoms with van der Waals surface area (Å²) in [5, 5.41) is 2.85. The zero-order valence-electron chi connectivity index (χ0n) is 13.9. The Morgan fingerprint density at radius 1 is 1.04 bits per heavy atom. The van der Waals surface area contributed by atoms with Crippen LogP contribution in [0.5, 0.6) is 0 Å². The first-order valence-corrected chi connectivity index (χ1v) is 9.25. The van der Waals surface area contributed by atoms with Gasteiger partial charge in [-0.25, -0.2) is 0 Å². The van der Waals surface area contributed by atoms with Crippen molar-refractivity contribution in [2.75, 3.05) is 12.4 Å². The number of carbonyl (C=O) groups excluding carboxylic acids is 3. The number of nitrogens with zero attached hydrogens (tertiary/aromatic N) is 1. The van der Waals surface area contributed by atoms with Crippen LogP contribution < -0.4 is 5.32 Å². The summed E-state index contributed by atoms with van der Waals surface area (Å²) in [6, 6.07) is 6.84. The zero-order chi connectivity index (χ0) is 17.6. The first-order valence-electron chi connectivity index (χ1n) is 8.44. The summed E-state index contributed by atoms with van der Waals surface area (Å²) in [6.45, 7) is 0. The molecule has 2 heterocycles. The first-order chi connectivity index (χ1) is 12.0. The molecule has 1 aromatic carbocycles. The average molecular weight is 354 g/mol. The fourth-order valence-electron chi connectivity index (χ4n) is 3.41. The fraction of sp³-hybridized carbons (Fsp3) is 0.316. The second-order valence-corrected chi connectivity index (χ2v) is 7.64. The van der Waals surface area contributed by atoms with Gasteiger partial charge in [0.05, 0.1) is 16.0 Å². The standard InChI is InChI=1S/C19H18N2O3S/c1-21-18(23)13-8-7-12(10-14(13)19(21)24)20-17(22)16-9-11-5-3-2-4-6-15(11)25-16/h7-10H,2-6H2,1H3,(H,20,22). The Kier molecular flexibility index (Phi) is 3.92. The van der Waals surface area contributed by atoms with Crippen molar-refractivity contribution >= 4 is 34.7 Å². The predicted octanol–water partition coefficient (Wildman–Crippen LogP) is 3.50. The van der Waals surface area contributed by atoms with E-state index in [9.17, 15) is 14.4 Å². The van der Waals surface area contributed by atoms with Crippen molar-refractivity contribution in [2.45, 2.75) is 32.1 Å². The van der Waals surface area contributed by atoms with Crippen LogP contribution in [-0.2, 0) is 12.8 Å². The lowest BCUT2D eigenvalue weighted by atomic mass is 10.1. The Labute approximate surface area is 149 Å². The Morgan fingerprint density at radius 3 is 2.64 bits per heavy atom. The van der Waals surface area contributed by atoms with Gasteiger partial charge in [-0.3, -0.25) is 19.3 Å². The monoisotopic (exact) mass is 354 g/mol. The van der Waals surface area contributed by atoms with Gasteiger partial charge in [0.1, 0.15) is 0 Å². The van der Waals surface area contributed by atoms with Crippen LogP contribution in [0.4, 0.5) is 5.69 Å². The van der Waals surface area contributed by atoms with E-state index in [-0.39, 0.29) is 17.7 Å². The summed E-state index contributed by atoms with van der Waals surface area (Å²) in [5.74, 6) is -0.804. The normalized spacial score (nSPS) is 16.4. The molecule has 6 heteroatoms. The van der Waals surface area contributed by atoms with Crippen LogP contribution in [0.2, 0.25) is 0 Å². The number of amides is 3. The molecule has 1 aromatic heterocycles. The molecule has 0 atom stereocenters. The van der Waals surface area contributed by atoms with Crippen LogP contribution in [-0.4, -0.2) is 29.7 Å². The molecule has 0 saturated heterocycles. The van der Waals surface area contributed by atoms with Crippen molar-refractivity contribution in [2.24, 2.45) is 0 Å². The van der Waals surface area contributed by atoms with Crippen molar-refractivity contribution in [3.8, 4) is 0 Å². The molecule has 0 saturated carbocycles. The SMILES string of the molecule is CN1C(=O)c2ccc(NC(=O)c3cc4c(s3)CCCCC4)cc2C1=O. The van der Waals surface area contributed by atoms with Crippen LogP contribution in [0.15, 0.2) is 24.3 Å². The summed E-state index contributed by atoms with van der Waals surface area (Å²) >= 11 is 1.56. The van der Waals surface area contributed by atoms with Gasteiger partial charge in [0, 0.05) is 17.6 Å². The number of thiophene rings is 1. The molecule has 0 bridgehead atoms. The summed E-state index contributed by atoms with van der Waals surface area (Å²) in [6.07, 6.45) is 5.71. The lowest BCUT2D eigenvalue weighted by Crippen LogP contribution is -2.24. The number of hydrogen-bond donors (Lipinski definition) is 1. The molecule has 0 fully saturated rings. The van der Waals surface area contributed by atoms with E-state index >= 15 is 0 Å². The van der Waals surface area contributed by atoms with Gasteiger partial charge in [0.25, 0.3) is 17.7 Å². The highest BCUT2D eigenvalue weighted by molar-refractivity contribution is 7.14. The van der Waals surface area contributed by atoms with Crippen LogP contribution >= 0.6 is 11.3 Å². The molecule has 2 aliphatic rings. The molecule has 1 aliphatic carbocycles. The number of nitrogens with one attached hydrogen (secondary N) is 1. The quantitative estimate of drug-likeness (QED) is 0.663. The number of benzene rings is 1. The minimum atomic E-state index is -0.334. The maximum absolute atomic E-state index is 12.6. The lowest BCUT2D eigenvalue weighted by Gasteiger charge is -2.05. The average Bonchev–Trinajstić information content (AvgIpc) is 3.01. The highest BCUT2D eigenvalue weighted by Gasteiger charge is 2.32. The highest BCUT2D eigenvalue weighted by Crippen LogP contribution is 2.30. The van der Waals surface area contributed by atoms with Gasteiger partial charge < -0.3 is 5.32 Å². The molecule has 0 spiro atoms. The second kappa shape index (κ2) is 6.11. The van der Waals surface area contributed by atoms with E-state index in [0.29, 0.717) is 21.7 Å². The zero-order valence-corrected chi connectivity index (χ0v) is 14.7. The van der Waals surface area contributed by atoms with Gasteiger partial charge in [-0.05, 0) is 55.5 Å². The van der Waals surface area contributed by atoms with E-state index in [1.54, 1.807) is 29.5 Å². The number of rotatable bonds is 2. The fourth-order valence-corrected chi connectivity index (χ4v) is 4.56. The van der Waals surface area contributed by atoms with Crippen molar-refractivity contribution in [1.82, 2.24) is 4.90 Å². The number of imide groups is 1. The van der Waals surface area contributed by atoms with E-state index < -0.39 is 0 Å². The van der Waals surface area contributed by atoms with Crippen molar-refractivity contribution < 1.29 is 14.4 Å². The van der Waals surface area contributed by atoms with Gasteiger partial charge >= 0.3 is 0 Å². The molecule has 0 radical (unpaired) electrons. The maximum Gasteiger partial charge on any atom is 0.265 e. The molecule has 128 valence electrons. The molecule has 3 amide bonds. The minimum absolute atomic E-state index is 0.164. The number of aryl methyl sites for hydroxylation is 2. The van der Waals surface area contributed by atoms with E-state index in [0.717, 1.165) is 17.7 Å². The number of carbonyl (C=O) groups is 3. The van der Waals surface area contributed by atoms with Crippen molar-refractivity contribution in [3.63, 3.8) is 0 Å². The maximum atomic E-state index is 12.6. The lowest BCUT2D eigenvalue weighted by molar-refractivity contribution is 0.0692. The van der Waals surface area contributed by atoms with Gasteiger partial charge in [-0.2, -0.15) is 0 Å². The third kappa shape index (κ3) is 2.76. The van der Waals surface area contributed by atoms with Crippen LogP contribution in [0.25, 0.3) is 0 Å². The summed E-state index contributed by atoms with van der Waals surface area (Å²) in [4.78, 5) is 39.7. The summed E-state index contributed by atoms with van der Waals surface area (Å²) in [7, 11) is 1.46. The molecule has 1 aliphatic heterocycles. The van der Waals surface area contributed by atoms with Crippen LogP contribution in [0, 0.1) is 0 Å². The second-order valence-electron chi connectivity index (χ2n) is 6.50. The van der Waals surface area contributed by atoms with E-state index in [1.165, 1.54) is 36.8 Å². The third-order valence-electron chi connectivity index (χ3n) is 4.82.